The molecule has 1 N–H and O–H groups in total. The van der Waals surface area contributed by atoms with Crippen molar-refractivity contribution in [1.82, 2.24) is 0 Å². The van der Waals surface area contributed by atoms with Gasteiger partial charge < -0.3 is 14.6 Å². The third-order valence-electron chi connectivity index (χ3n) is 2.63. The van der Waals surface area contributed by atoms with Crippen LogP contribution in [-0.2, 0) is 20.7 Å². The Morgan fingerprint density at radius 2 is 2.10 bits per heavy atom. The Morgan fingerprint density at radius 1 is 1.35 bits per heavy atom. The van der Waals surface area contributed by atoms with E-state index in [1.165, 1.54) is 13.2 Å². The predicted octanol–water partition coefficient (Wildman–Crippen LogP) is 2.29. The summed E-state index contributed by atoms with van der Waals surface area (Å²) in [5.74, 6) is -0.674. The van der Waals surface area contributed by atoms with Crippen molar-refractivity contribution in [2.75, 3.05) is 13.7 Å². The van der Waals surface area contributed by atoms with E-state index < -0.39 is 5.97 Å². The van der Waals surface area contributed by atoms with Crippen LogP contribution in [0.25, 0.3) is 6.08 Å². The minimum Gasteiger partial charge on any atom is -0.493 e. The lowest BCUT2D eigenvalue weighted by Crippen LogP contribution is -2.02. The molecule has 0 saturated heterocycles. The summed E-state index contributed by atoms with van der Waals surface area (Å²) >= 11 is 0. The number of hydrogen-bond donors (Lipinski definition) is 1. The first kappa shape index (κ1) is 15.8. The summed E-state index contributed by atoms with van der Waals surface area (Å²) in [5.41, 5.74) is 1.63. The SMILES string of the molecule is CCOc1cc(CCC(=O)OC)ccc1C=CC(=O)O. The molecule has 0 atom stereocenters. The second-order valence-corrected chi connectivity index (χ2v) is 4.05. The molecule has 1 aromatic carbocycles. The molecule has 0 unspecified atom stereocenters. The average Bonchev–Trinajstić information content (AvgIpc) is 2.43. The van der Waals surface area contributed by atoms with Crippen molar-refractivity contribution in [3.05, 3.63) is 35.4 Å². The van der Waals surface area contributed by atoms with Gasteiger partial charge in [0.2, 0.25) is 0 Å². The molecule has 0 saturated carbocycles. The third-order valence-corrected chi connectivity index (χ3v) is 2.63. The van der Waals surface area contributed by atoms with Gasteiger partial charge in [0.25, 0.3) is 0 Å². The quantitative estimate of drug-likeness (QED) is 0.612. The van der Waals surface area contributed by atoms with Crippen LogP contribution in [0.3, 0.4) is 0 Å². The Balaban J connectivity index is 2.88. The molecule has 0 aliphatic carbocycles. The van der Waals surface area contributed by atoms with Crippen LogP contribution in [0.2, 0.25) is 0 Å². The molecule has 0 aliphatic heterocycles. The van der Waals surface area contributed by atoms with Crippen LogP contribution in [0.5, 0.6) is 5.75 Å². The number of carboxylic acid groups (broad SMARTS) is 1. The van der Waals surface area contributed by atoms with Crippen LogP contribution in [0, 0.1) is 0 Å². The smallest absolute Gasteiger partial charge is 0.328 e. The first-order valence-electron chi connectivity index (χ1n) is 6.30. The second kappa shape index (κ2) is 7.99. The van der Waals surface area contributed by atoms with E-state index in [4.69, 9.17) is 9.84 Å². The minimum atomic E-state index is -1.01. The number of ether oxygens (including phenoxy) is 2. The predicted molar refractivity (Wildman–Crippen MR) is 74.6 cm³/mol. The van der Waals surface area contributed by atoms with Crippen molar-refractivity contribution in [1.29, 1.82) is 0 Å². The minimum absolute atomic E-state index is 0.266. The fourth-order valence-corrected chi connectivity index (χ4v) is 1.66. The highest BCUT2D eigenvalue weighted by molar-refractivity contribution is 5.85. The molecule has 1 aromatic rings. The fraction of sp³-hybridized carbons (Fsp3) is 0.333. The van der Waals surface area contributed by atoms with Crippen LogP contribution in [0.15, 0.2) is 24.3 Å². The lowest BCUT2D eigenvalue weighted by atomic mass is 10.1. The van der Waals surface area contributed by atoms with E-state index in [2.05, 4.69) is 4.74 Å². The molecule has 108 valence electrons. The van der Waals surface area contributed by atoms with E-state index in [0.717, 1.165) is 11.6 Å². The maximum Gasteiger partial charge on any atom is 0.328 e. The Labute approximate surface area is 117 Å². The lowest BCUT2D eigenvalue weighted by molar-refractivity contribution is -0.140. The van der Waals surface area contributed by atoms with Crippen molar-refractivity contribution in [2.45, 2.75) is 19.8 Å². The van der Waals surface area contributed by atoms with Crippen LogP contribution < -0.4 is 4.74 Å². The van der Waals surface area contributed by atoms with E-state index in [1.54, 1.807) is 6.07 Å². The van der Waals surface area contributed by atoms with Crippen LogP contribution in [0.1, 0.15) is 24.5 Å². The number of benzene rings is 1. The summed E-state index contributed by atoms with van der Waals surface area (Å²) < 4.78 is 10.1. The molecule has 1 rings (SSSR count). The topological polar surface area (TPSA) is 72.8 Å². The summed E-state index contributed by atoms with van der Waals surface area (Å²) in [6.07, 6.45) is 3.39. The molecule has 5 heteroatoms. The monoisotopic (exact) mass is 278 g/mol. The van der Waals surface area contributed by atoms with Gasteiger partial charge in [0, 0.05) is 18.1 Å². The first-order chi connectivity index (χ1) is 9.56. The summed E-state index contributed by atoms with van der Waals surface area (Å²) in [7, 11) is 1.35. The van der Waals surface area contributed by atoms with Gasteiger partial charge in [-0.25, -0.2) is 4.79 Å². The Morgan fingerprint density at radius 3 is 2.70 bits per heavy atom. The number of rotatable bonds is 7. The number of aryl methyl sites for hydroxylation is 1. The van der Waals surface area contributed by atoms with Gasteiger partial charge in [0.05, 0.1) is 13.7 Å². The van der Waals surface area contributed by atoms with Crippen LogP contribution in [0.4, 0.5) is 0 Å². The lowest BCUT2D eigenvalue weighted by Gasteiger charge is -2.09. The zero-order chi connectivity index (χ0) is 15.0. The average molecular weight is 278 g/mol. The number of esters is 1. The Bertz CT molecular complexity index is 505. The Hall–Kier alpha value is -2.30. The van der Waals surface area contributed by atoms with Gasteiger partial charge >= 0.3 is 11.9 Å². The molecule has 0 heterocycles. The highest BCUT2D eigenvalue weighted by Crippen LogP contribution is 2.23. The highest BCUT2D eigenvalue weighted by Gasteiger charge is 2.06. The van der Waals surface area contributed by atoms with Crippen LogP contribution >= 0.6 is 0 Å². The summed E-state index contributed by atoms with van der Waals surface area (Å²) in [6, 6.07) is 5.43. The first-order valence-corrected chi connectivity index (χ1v) is 6.30. The van der Waals surface area contributed by atoms with Crippen molar-refractivity contribution >= 4 is 18.0 Å². The summed E-state index contributed by atoms with van der Waals surface area (Å²) in [4.78, 5) is 21.7. The van der Waals surface area contributed by atoms with Gasteiger partial charge in [-0.05, 0) is 31.1 Å². The van der Waals surface area contributed by atoms with E-state index in [0.29, 0.717) is 30.8 Å². The van der Waals surface area contributed by atoms with Gasteiger partial charge in [-0.2, -0.15) is 0 Å². The zero-order valence-electron chi connectivity index (χ0n) is 11.6. The van der Waals surface area contributed by atoms with E-state index in [-0.39, 0.29) is 5.97 Å². The number of carbonyl (C=O) groups is 2. The number of carboxylic acids is 1. The van der Waals surface area contributed by atoms with Gasteiger partial charge in [-0.3, -0.25) is 4.79 Å². The number of aliphatic carboxylic acids is 1. The molecular formula is C15H18O5. The van der Waals surface area contributed by atoms with Gasteiger partial charge in [-0.15, -0.1) is 0 Å². The largest absolute Gasteiger partial charge is 0.493 e. The number of carbonyl (C=O) groups excluding carboxylic acids is 1. The second-order valence-electron chi connectivity index (χ2n) is 4.05. The Kier molecular flexibility index (Phi) is 6.29. The maximum absolute atomic E-state index is 11.1. The molecule has 0 radical (unpaired) electrons. The number of methoxy groups -OCH3 is 1. The van der Waals surface area contributed by atoms with Crippen LogP contribution in [-0.4, -0.2) is 30.8 Å². The van der Waals surface area contributed by atoms with Crippen molar-refractivity contribution in [3.63, 3.8) is 0 Å². The molecule has 20 heavy (non-hydrogen) atoms. The molecule has 0 amide bonds. The molecule has 0 fully saturated rings. The van der Waals surface area contributed by atoms with E-state index in [1.807, 2.05) is 19.1 Å². The summed E-state index contributed by atoms with van der Waals surface area (Å²) in [5, 5.41) is 8.64. The summed E-state index contributed by atoms with van der Waals surface area (Å²) in [6.45, 7) is 2.33. The molecule has 0 aromatic heterocycles. The van der Waals surface area contributed by atoms with Crippen molar-refractivity contribution in [3.8, 4) is 5.75 Å². The van der Waals surface area contributed by atoms with E-state index >= 15 is 0 Å². The normalized spacial score (nSPS) is 10.5. The standard InChI is InChI=1S/C15H18O5/c1-3-20-13-10-11(5-9-15(18)19-2)4-6-12(13)7-8-14(16)17/h4,6-8,10H,3,5,9H2,1-2H3,(H,16,17). The number of hydrogen-bond acceptors (Lipinski definition) is 4. The fourth-order valence-electron chi connectivity index (χ4n) is 1.66. The molecule has 5 nitrogen and oxygen atoms in total. The van der Waals surface area contributed by atoms with Gasteiger partial charge in [0.15, 0.2) is 0 Å². The molecular weight excluding hydrogens is 260 g/mol. The maximum atomic E-state index is 11.1. The third kappa shape index (κ3) is 5.14. The van der Waals surface area contributed by atoms with Gasteiger partial charge in [-0.1, -0.05) is 12.1 Å². The molecule has 0 spiro atoms. The van der Waals surface area contributed by atoms with Crippen molar-refractivity contribution in [2.24, 2.45) is 0 Å². The van der Waals surface area contributed by atoms with E-state index in [9.17, 15) is 9.59 Å². The van der Waals surface area contributed by atoms with Crippen molar-refractivity contribution < 1.29 is 24.2 Å². The zero-order valence-corrected chi connectivity index (χ0v) is 11.6. The van der Waals surface area contributed by atoms with Gasteiger partial charge in [0.1, 0.15) is 5.75 Å². The highest BCUT2D eigenvalue weighted by atomic mass is 16.5. The molecule has 0 aliphatic rings. The molecule has 0 bridgehead atoms.